The molecule has 0 spiro atoms. The number of benzene rings is 1. The number of hydrogen-bond acceptors (Lipinski definition) is 2. The highest BCUT2D eigenvalue weighted by Crippen LogP contribution is 2.19. The maximum atomic E-state index is 5.76. The van der Waals surface area contributed by atoms with Crippen molar-refractivity contribution in [1.82, 2.24) is 4.98 Å². The molecule has 60 valence electrons. The number of rotatable bonds is 0. The molecular formula is C9H8N2S. The summed E-state index contributed by atoms with van der Waals surface area (Å²) in [5, 5.41) is 2.02. The van der Waals surface area contributed by atoms with Crippen molar-refractivity contribution < 1.29 is 0 Å². The quantitative estimate of drug-likeness (QED) is 0.478. The molecule has 0 aliphatic rings. The van der Waals surface area contributed by atoms with Crippen molar-refractivity contribution in [3.05, 3.63) is 35.1 Å². The van der Waals surface area contributed by atoms with Crippen LogP contribution in [0.3, 0.4) is 0 Å². The lowest BCUT2D eigenvalue weighted by molar-refractivity contribution is 1.34. The second-order valence-corrected chi connectivity index (χ2v) is 3.02. The molecule has 0 saturated carbocycles. The van der Waals surface area contributed by atoms with E-state index in [1.54, 1.807) is 6.20 Å². The minimum Gasteiger partial charge on any atom is -0.398 e. The van der Waals surface area contributed by atoms with Crippen molar-refractivity contribution in [2.75, 3.05) is 5.73 Å². The van der Waals surface area contributed by atoms with Gasteiger partial charge in [0.2, 0.25) is 0 Å². The largest absolute Gasteiger partial charge is 0.398 e. The molecule has 0 fully saturated rings. The molecule has 2 nitrogen and oxygen atoms in total. The molecule has 0 aliphatic carbocycles. The molecule has 0 unspecified atom stereocenters. The van der Waals surface area contributed by atoms with Gasteiger partial charge in [-0.1, -0.05) is 24.4 Å². The van der Waals surface area contributed by atoms with Crippen LogP contribution in [0.25, 0.3) is 10.8 Å². The van der Waals surface area contributed by atoms with Crippen LogP contribution in [-0.2, 0) is 0 Å². The van der Waals surface area contributed by atoms with E-state index in [9.17, 15) is 0 Å². The van der Waals surface area contributed by atoms with Gasteiger partial charge in [0.25, 0.3) is 0 Å². The Morgan fingerprint density at radius 1 is 1.17 bits per heavy atom. The molecule has 12 heavy (non-hydrogen) atoms. The number of hydrogen-bond donors (Lipinski definition) is 2. The summed E-state index contributed by atoms with van der Waals surface area (Å²) in [6.45, 7) is 0. The third kappa shape index (κ3) is 0.987. The third-order valence-corrected chi connectivity index (χ3v) is 2.19. The fourth-order valence-electron chi connectivity index (χ4n) is 1.25. The van der Waals surface area contributed by atoms with E-state index < -0.39 is 0 Å². The molecule has 0 atom stereocenters. The summed E-state index contributed by atoms with van der Waals surface area (Å²) in [6.07, 6.45) is 1.81. The molecule has 2 aromatic rings. The summed E-state index contributed by atoms with van der Waals surface area (Å²) in [7, 11) is 0. The highest BCUT2D eigenvalue weighted by molar-refractivity contribution is 7.71. The van der Waals surface area contributed by atoms with Gasteiger partial charge >= 0.3 is 0 Å². The van der Waals surface area contributed by atoms with Gasteiger partial charge in [-0.2, -0.15) is 0 Å². The molecular weight excluding hydrogens is 168 g/mol. The number of aromatic amines is 1. The smallest absolute Gasteiger partial charge is 0.111 e. The van der Waals surface area contributed by atoms with Crippen LogP contribution in [0.5, 0.6) is 0 Å². The van der Waals surface area contributed by atoms with E-state index >= 15 is 0 Å². The standard InChI is InChI=1S/C9H8N2S/c10-8-3-1-2-7-6(8)4-5-11-9(7)12/h1-5H,10H2,(H,11,12). The monoisotopic (exact) mass is 176 g/mol. The lowest BCUT2D eigenvalue weighted by Crippen LogP contribution is -1.87. The molecule has 0 bridgehead atoms. The summed E-state index contributed by atoms with van der Waals surface area (Å²) in [6, 6.07) is 7.67. The average Bonchev–Trinajstić information content (AvgIpc) is 2.07. The van der Waals surface area contributed by atoms with Gasteiger partial charge in [0.05, 0.1) is 0 Å². The van der Waals surface area contributed by atoms with E-state index in [2.05, 4.69) is 4.98 Å². The summed E-state index contributed by atoms with van der Waals surface area (Å²) in [4.78, 5) is 2.96. The van der Waals surface area contributed by atoms with Gasteiger partial charge in [-0.3, -0.25) is 0 Å². The van der Waals surface area contributed by atoms with Gasteiger partial charge in [-0.05, 0) is 12.1 Å². The zero-order valence-corrected chi connectivity index (χ0v) is 7.19. The number of nitrogens with two attached hydrogens (primary N) is 1. The number of nitrogen functional groups attached to an aromatic ring is 1. The SMILES string of the molecule is Nc1cccc2c(=S)[nH]ccc12. The van der Waals surface area contributed by atoms with E-state index in [0.29, 0.717) is 0 Å². The van der Waals surface area contributed by atoms with Crippen LogP contribution < -0.4 is 5.73 Å². The fraction of sp³-hybridized carbons (Fsp3) is 0. The zero-order chi connectivity index (χ0) is 8.55. The minimum absolute atomic E-state index is 0.736. The summed E-state index contributed by atoms with van der Waals surface area (Å²) >= 11 is 5.10. The van der Waals surface area contributed by atoms with Gasteiger partial charge in [-0.15, -0.1) is 0 Å². The van der Waals surface area contributed by atoms with Crippen molar-refractivity contribution in [2.45, 2.75) is 0 Å². The number of H-pyrrole nitrogens is 1. The van der Waals surface area contributed by atoms with Crippen molar-refractivity contribution in [1.29, 1.82) is 0 Å². The van der Waals surface area contributed by atoms with Crippen LogP contribution in [-0.4, -0.2) is 4.98 Å². The van der Waals surface area contributed by atoms with Crippen molar-refractivity contribution in [3.8, 4) is 0 Å². The van der Waals surface area contributed by atoms with Crippen LogP contribution in [0.2, 0.25) is 0 Å². The first-order chi connectivity index (χ1) is 5.79. The molecule has 0 amide bonds. The predicted molar refractivity (Wildman–Crippen MR) is 53.5 cm³/mol. The molecule has 0 saturated heterocycles. The average molecular weight is 176 g/mol. The zero-order valence-electron chi connectivity index (χ0n) is 6.37. The Labute approximate surface area is 75.0 Å². The summed E-state index contributed by atoms with van der Waals surface area (Å²) < 4.78 is 0.736. The normalized spacial score (nSPS) is 10.3. The van der Waals surface area contributed by atoms with Crippen molar-refractivity contribution in [3.63, 3.8) is 0 Å². The summed E-state index contributed by atoms with van der Waals surface area (Å²) in [5.41, 5.74) is 6.54. The van der Waals surface area contributed by atoms with Crippen LogP contribution in [0, 0.1) is 4.64 Å². The van der Waals surface area contributed by atoms with E-state index in [4.69, 9.17) is 18.0 Å². The highest BCUT2D eigenvalue weighted by Gasteiger charge is 1.96. The lowest BCUT2D eigenvalue weighted by atomic mass is 10.1. The van der Waals surface area contributed by atoms with E-state index in [1.807, 2.05) is 24.3 Å². The number of fused-ring (bicyclic) bond motifs is 1. The Kier molecular flexibility index (Phi) is 1.59. The van der Waals surface area contributed by atoms with E-state index in [-0.39, 0.29) is 0 Å². The first-order valence-corrected chi connectivity index (χ1v) is 4.06. The predicted octanol–water partition coefficient (Wildman–Crippen LogP) is 2.48. The van der Waals surface area contributed by atoms with Gasteiger partial charge in [-0.25, -0.2) is 0 Å². The van der Waals surface area contributed by atoms with Crippen LogP contribution in [0.4, 0.5) is 5.69 Å². The van der Waals surface area contributed by atoms with E-state index in [1.165, 1.54) is 0 Å². The number of aromatic nitrogens is 1. The molecule has 3 heteroatoms. The number of nitrogens with one attached hydrogen (secondary N) is 1. The maximum absolute atomic E-state index is 5.76. The molecule has 0 aliphatic heterocycles. The Morgan fingerprint density at radius 2 is 2.00 bits per heavy atom. The number of pyridine rings is 1. The molecule has 3 N–H and O–H groups in total. The molecule has 1 aromatic carbocycles. The van der Waals surface area contributed by atoms with Crippen LogP contribution >= 0.6 is 12.2 Å². The Balaban J connectivity index is 3.05. The lowest BCUT2D eigenvalue weighted by Gasteiger charge is -1.99. The Bertz CT molecular complexity index is 473. The summed E-state index contributed by atoms with van der Waals surface area (Å²) in [5.74, 6) is 0. The Hall–Kier alpha value is -1.35. The van der Waals surface area contributed by atoms with Gasteiger partial charge < -0.3 is 10.7 Å². The first-order valence-electron chi connectivity index (χ1n) is 3.65. The van der Waals surface area contributed by atoms with Crippen LogP contribution in [0.15, 0.2) is 30.5 Å². The van der Waals surface area contributed by atoms with Gasteiger partial charge in [0.1, 0.15) is 4.64 Å². The second-order valence-electron chi connectivity index (χ2n) is 2.62. The third-order valence-electron chi connectivity index (χ3n) is 1.85. The van der Waals surface area contributed by atoms with Crippen molar-refractivity contribution >= 4 is 28.7 Å². The topological polar surface area (TPSA) is 41.8 Å². The van der Waals surface area contributed by atoms with Gasteiger partial charge in [0.15, 0.2) is 0 Å². The molecule has 0 radical (unpaired) electrons. The number of anilines is 1. The Morgan fingerprint density at radius 3 is 2.75 bits per heavy atom. The molecule has 1 aromatic heterocycles. The molecule has 1 heterocycles. The minimum atomic E-state index is 0.736. The van der Waals surface area contributed by atoms with Crippen molar-refractivity contribution in [2.24, 2.45) is 0 Å². The second kappa shape index (κ2) is 2.60. The van der Waals surface area contributed by atoms with E-state index in [0.717, 1.165) is 21.1 Å². The van der Waals surface area contributed by atoms with Gasteiger partial charge in [0, 0.05) is 22.7 Å². The maximum Gasteiger partial charge on any atom is 0.111 e. The van der Waals surface area contributed by atoms with Crippen LogP contribution in [0.1, 0.15) is 0 Å². The molecule has 2 rings (SSSR count). The first kappa shape index (κ1) is 7.31. The highest BCUT2D eigenvalue weighted by atomic mass is 32.1. The fourth-order valence-corrected chi connectivity index (χ4v) is 1.49.